The van der Waals surface area contributed by atoms with Crippen molar-refractivity contribution in [2.75, 3.05) is 18.5 Å². The Balaban J connectivity index is 1.80. The quantitative estimate of drug-likeness (QED) is 0.493. The van der Waals surface area contributed by atoms with Gasteiger partial charge in [0.15, 0.2) is 0 Å². The normalized spacial score (nSPS) is 16.1. The third kappa shape index (κ3) is 4.16. The summed E-state index contributed by atoms with van der Waals surface area (Å²) >= 11 is 0. The van der Waals surface area contributed by atoms with Gasteiger partial charge in [-0.3, -0.25) is 10.1 Å². The highest BCUT2D eigenvalue weighted by Gasteiger charge is 2.15. The van der Waals surface area contributed by atoms with Crippen LogP contribution in [0.3, 0.4) is 0 Å². The van der Waals surface area contributed by atoms with E-state index in [1.54, 1.807) is 0 Å². The second-order valence-corrected chi connectivity index (χ2v) is 4.98. The van der Waals surface area contributed by atoms with Gasteiger partial charge in [-0.15, -0.1) is 0 Å². The minimum Gasteiger partial charge on any atom is -0.377 e. The van der Waals surface area contributed by atoms with E-state index in [1.165, 1.54) is 31.4 Å². The molecule has 0 aliphatic heterocycles. The summed E-state index contributed by atoms with van der Waals surface area (Å²) in [6.45, 7) is 0.974. The van der Waals surface area contributed by atoms with E-state index in [1.807, 2.05) is 0 Å². The van der Waals surface area contributed by atoms with Crippen LogP contribution in [0.2, 0.25) is 0 Å². The lowest BCUT2D eigenvalue weighted by Crippen LogP contribution is -2.20. The number of halogens is 1. The molecule has 0 radical (unpaired) electrons. The number of benzene rings is 1. The number of hydrogen-bond donors (Lipinski definition) is 1. The summed E-state index contributed by atoms with van der Waals surface area (Å²) in [7, 11) is 0. The van der Waals surface area contributed by atoms with Crippen molar-refractivity contribution in [3.8, 4) is 0 Å². The van der Waals surface area contributed by atoms with Gasteiger partial charge in [0, 0.05) is 6.54 Å². The molecule has 1 saturated carbocycles. The SMILES string of the molecule is O=[N+]([O-])c1cc(F)ccc1NCCOC1CCCCC1. The summed E-state index contributed by atoms with van der Waals surface area (Å²) in [4.78, 5) is 10.2. The maximum Gasteiger partial charge on any atom is 0.295 e. The van der Waals surface area contributed by atoms with Crippen molar-refractivity contribution in [3.05, 3.63) is 34.1 Å². The lowest BCUT2D eigenvalue weighted by Gasteiger charge is -2.22. The summed E-state index contributed by atoms with van der Waals surface area (Å²) in [5, 5.41) is 13.7. The molecular formula is C14H19FN2O3. The summed E-state index contributed by atoms with van der Waals surface area (Å²) in [6, 6.07) is 3.51. The van der Waals surface area contributed by atoms with E-state index in [0.717, 1.165) is 18.9 Å². The Morgan fingerprint density at radius 2 is 2.10 bits per heavy atom. The third-order valence-electron chi connectivity index (χ3n) is 3.48. The molecule has 0 saturated heterocycles. The van der Waals surface area contributed by atoms with Crippen LogP contribution in [0, 0.1) is 15.9 Å². The highest BCUT2D eigenvalue weighted by Crippen LogP contribution is 2.25. The Hall–Kier alpha value is -1.69. The molecule has 1 aromatic rings. The number of ether oxygens (including phenoxy) is 1. The van der Waals surface area contributed by atoms with Crippen molar-refractivity contribution < 1.29 is 14.1 Å². The van der Waals surface area contributed by atoms with Gasteiger partial charge in [0.1, 0.15) is 11.5 Å². The fourth-order valence-corrected chi connectivity index (χ4v) is 2.45. The van der Waals surface area contributed by atoms with Crippen LogP contribution in [-0.2, 0) is 4.74 Å². The van der Waals surface area contributed by atoms with Crippen LogP contribution < -0.4 is 5.32 Å². The van der Waals surface area contributed by atoms with Gasteiger partial charge in [0.05, 0.1) is 23.7 Å². The number of nitro groups is 1. The van der Waals surface area contributed by atoms with Crippen LogP contribution >= 0.6 is 0 Å². The molecule has 0 spiro atoms. The predicted octanol–water partition coefficient (Wildman–Crippen LogP) is 3.50. The van der Waals surface area contributed by atoms with Gasteiger partial charge in [0.2, 0.25) is 0 Å². The van der Waals surface area contributed by atoms with Gasteiger partial charge in [0.25, 0.3) is 5.69 Å². The number of anilines is 1. The smallest absolute Gasteiger partial charge is 0.295 e. The van der Waals surface area contributed by atoms with Crippen LogP contribution in [0.15, 0.2) is 18.2 Å². The highest BCUT2D eigenvalue weighted by atomic mass is 19.1. The first-order valence-corrected chi connectivity index (χ1v) is 6.96. The third-order valence-corrected chi connectivity index (χ3v) is 3.48. The Labute approximate surface area is 117 Å². The average molecular weight is 282 g/mol. The largest absolute Gasteiger partial charge is 0.377 e. The first kappa shape index (κ1) is 14.7. The molecule has 20 heavy (non-hydrogen) atoms. The second-order valence-electron chi connectivity index (χ2n) is 4.98. The first-order valence-electron chi connectivity index (χ1n) is 6.96. The van der Waals surface area contributed by atoms with Gasteiger partial charge in [-0.2, -0.15) is 0 Å². The summed E-state index contributed by atoms with van der Waals surface area (Å²) < 4.78 is 18.7. The molecule has 6 heteroatoms. The molecule has 0 aromatic heterocycles. The van der Waals surface area contributed by atoms with E-state index in [2.05, 4.69) is 5.32 Å². The summed E-state index contributed by atoms with van der Waals surface area (Å²) in [6.07, 6.45) is 6.20. The van der Waals surface area contributed by atoms with E-state index in [0.29, 0.717) is 24.9 Å². The number of nitrogens with one attached hydrogen (secondary N) is 1. The molecule has 1 aromatic carbocycles. The summed E-state index contributed by atoms with van der Waals surface area (Å²) in [5.74, 6) is -0.610. The molecule has 1 aliphatic rings. The second kappa shape index (κ2) is 7.19. The van der Waals surface area contributed by atoms with Gasteiger partial charge in [-0.1, -0.05) is 19.3 Å². The predicted molar refractivity (Wildman–Crippen MR) is 74.4 cm³/mol. The van der Waals surface area contributed by atoms with Crippen molar-refractivity contribution in [2.45, 2.75) is 38.2 Å². The zero-order valence-corrected chi connectivity index (χ0v) is 11.3. The Kier molecular flexibility index (Phi) is 5.29. The standard InChI is InChI=1S/C14H19FN2O3/c15-11-6-7-13(14(10-11)17(18)19)16-8-9-20-12-4-2-1-3-5-12/h6-7,10,12,16H,1-5,8-9H2. The van der Waals surface area contributed by atoms with Crippen molar-refractivity contribution in [2.24, 2.45) is 0 Å². The molecular weight excluding hydrogens is 263 g/mol. The van der Waals surface area contributed by atoms with Crippen molar-refractivity contribution in [3.63, 3.8) is 0 Å². The molecule has 2 rings (SSSR count). The van der Waals surface area contributed by atoms with E-state index in [9.17, 15) is 14.5 Å². The zero-order valence-electron chi connectivity index (χ0n) is 11.3. The maximum absolute atomic E-state index is 13.0. The molecule has 0 heterocycles. The molecule has 5 nitrogen and oxygen atoms in total. The van der Waals surface area contributed by atoms with Gasteiger partial charge >= 0.3 is 0 Å². The van der Waals surface area contributed by atoms with Crippen LogP contribution in [0.25, 0.3) is 0 Å². The molecule has 0 unspecified atom stereocenters. The van der Waals surface area contributed by atoms with Crippen molar-refractivity contribution in [1.82, 2.24) is 0 Å². The molecule has 1 aliphatic carbocycles. The number of rotatable bonds is 6. The zero-order chi connectivity index (χ0) is 14.4. The van der Waals surface area contributed by atoms with E-state index in [4.69, 9.17) is 4.74 Å². The van der Waals surface area contributed by atoms with Gasteiger partial charge in [-0.25, -0.2) is 4.39 Å². The monoisotopic (exact) mass is 282 g/mol. The van der Waals surface area contributed by atoms with E-state index >= 15 is 0 Å². The average Bonchev–Trinajstić information content (AvgIpc) is 2.45. The lowest BCUT2D eigenvalue weighted by molar-refractivity contribution is -0.384. The van der Waals surface area contributed by atoms with E-state index < -0.39 is 10.7 Å². The number of hydrogen-bond acceptors (Lipinski definition) is 4. The molecule has 0 atom stereocenters. The molecule has 0 bridgehead atoms. The topological polar surface area (TPSA) is 64.4 Å². The Morgan fingerprint density at radius 3 is 2.80 bits per heavy atom. The summed E-state index contributed by atoms with van der Waals surface area (Å²) in [5.41, 5.74) is 0.0753. The van der Waals surface area contributed by atoms with E-state index in [-0.39, 0.29) is 5.69 Å². The number of nitrogens with zero attached hydrogens (tertiary/aromatic N) is 1. The van der Waals surface area contributed by atoms with Crippen LogP contribution in [0.1, 0.15) is 32.1 Å². The van der Waals surface area contributed by atoms with Gasteiger partial charge in [-0.05, 0) is 25.0 Å². The van der Waals surface area contributed by atoms with Crippen LogP contribution in [-0.4, -0.2) is 24.2 Å². The molecule has 1 N–H and O–H groups in total. The Bertz CT molecular complexity index is 462. The van der Waals surface area contributed by atoms with Crippen LogP contribution in [0.4, 0.5) is 15.8 Å². The van der Waals surface area contributed by atoms with Gasteiger partial charge < -0.3 is 10.1 Å². The van der Waals surface area contributed by atoms with Crippen molar-refractivity contribution >= 4 is 11.4 Å². The van der Waals surface area contributed by atoms with Crippen molar-refractivity contribution in [1.29, 1.82) is 0 Å². The molecule has 0 amide bonds. The number of nitro benzene ring substituents is 1. The molecule has 110 valence electrons. The lowest BCUT2D eigenvalue weighted by atomic mass is 9.98. The first-order chi connectivity index (χ1) is 9.66. The fourth-order valence-electron chi connectivity index (χ4n) is 2.45. The minimum atomic E-state index is -0.610. The highest BCUT2D eigenvalue weighted by molar-refractivity contribution is 5.61. The Morgan fingerprint density at radius 1 is 1.35 bits per heavy atom. The maximum atomic E-state index is 13.0. The fraction of sp³-hybridized carbons (Fsp3) is 0.571. The van der Waals surface area contributed by atoms with Crippen LogP contribution in [0.5, 0.6) is 0 Å². The molecule has 1 fully saturated rings. The minimum absolute atomic E-state index is 0.248.